The molecule has 4 rings (SSSR count). The number of aliphatic hydroxyl groups is 1. The minimum atomic E-state index is -2.86. The van der Waals surface area contributed by atoms with E-state index in [0.717, 1.165) is 0 Å². The molecule has 4 N–H and O–H groups in total. The zero-order chi connectivity index (χ0) is 30.0. The number of Topliss-reactive ketones (excluding diaryl/α,β-unsaturated/α-hetero) is 4. The Morgan fingerprint density at radius 3 is 2.35 bits per heavy atom. The second-order valence-corrected chi connectivity index (χ2v) is 11.2. The van der Waals surface area contributed by atoms with Crippen molar-refractivity contribution in [3.05, 3.63) is 27.3 Å². The third-order valence-corrected chi connectivity index (χ3v) is 8.99. The maximum Gasteiger partial charge on any atom is 0.313 e. The van der Waals surface area contributed by atoms with Crippen molar-refractivity contribution in [3.8, 4) is 5.75 Å². The highest BCUT2D eigenvalue weighted by Gasteiger charge is 2.69. The van der Waals surface area contributed by atoms with Gasteiger partial charge in [0.1, 0.15) is 0 Å². The Morgan fingerprint density at radius 1 is 1.23 bits per heavy atom. The molecule has 216 valence electrons. The van der Waals surface area contributed by atoms with E-state index in [2.05, 4.69) is 0 Å². The van der Waals surface area contributed by atoms with Gasteiger partial charge in [-0.15, -0.1) is 0 Å². The summed E-state index contributed by atoms with van der Waals surface area (Å²) >= 11 is 0. The lowest BCUT2D eigenvalue weighted by Gasteiger charge is -2.52. The number of carbonyl (C=O) groups excluding carboxylic acids is 5. The van der Waals surface area contributed by atoms with Crippen molar-refractivity contribution in [2.75, 3.05) is 25.5 Å². The zero-order valence-electron chi connectivity index (χ0n) is 23.0. The Labute approximate surface area is 230 Å². The summed E-state index contributed by atoms with van der Waals surface area (Å²) in [7, 11) is 3.02. The van der Waals surface area contributed by atoms with Crippen LogP contribution in [0.25, 0.3) is 0 Å². The number of nitro groups is 1. The van der Waals surface area contributed by atoms with Crippen LogP contribution in [0.3, 0.4) is 0 Å². The van der Waals surface area contributed by atoms with Crippen LogP contribution in [0, 0.1) is 33.8 Å². The van der Waals surface area contributed by atoms with Gasteiger partial charge in [-0.3, -0.25) is 39.0 Å². The van der Waals surface area contributed by atoms with E-state index in [1.54, 1.807) is 0 Å². The van der Waals surface area contributed by atoms with Gasteiger partial charge in [-0.1, -0.05) is 6.92 Å². The molecule has 2 saturated carbocycles. The van der Waals surface area contributed by atoms with E-state index in [1.165, 1.54) is 25.1 Å². The number of hydrogen-bond donors (Lipinski definition) is 3. The molecule has 3 aliphatic carbocycles. The first-order chi connectivity index (χ1) is 18.6. The van der Waals surface area contributed by atoms with Gasteiger partial charge in [0, 0.05) is 30.3 Å². The van der Waals surface area contributed by atoms with Gasteiger partial charge in [-0.2, -0.15) is 0 Å². The van der Waals surface area contributed by atoms with Crippen molar-refractivity contribution in [1.29, 1.82) is 0 Å². The molecular formula is C27H34N4O9. The standard InChI is InChI=1S/C27H34N4O9/c1-6-11(3)30(7-2)15-10-16(31(39)40)21(32)18-13(15)8-12-9-14-20(29(4)5)23(34)19(26(28)37)25(36)27(14,38)24(35)17(12)22(18)33/h10-12,14,17,19-20,32,38H,6-9H2,1-5H3,(H2,28,37)/t11?,12?,14?,17?,19?,20-,27-/m0/s1. The van der Waals surface area contributed by atoms with Crippen LogP contribution < -0.4 is 10.6 Å². The average molecular weight is 559 g/mol. The Hall–Kier alpha value is -3.71. The van der Waals surface area contributed by atoms with Gasteiger partial charge in [0.2, 0.25) is 11.7 Å². The van der Waals surface area contributed by atoms with E-state index in [-0.39, 0.29) is 18.9 Å². The van der Waals surface area contributed by atoms with Gasteiger partial charge in [-0.25, -0.2) is 0 Å². The summed E-state index contributed by atoms with van der Waals surface area (Å²) in [5.41, 5.74) is 2.08. The van der Waals surface area contributed by atoms with Crippen molar-refractivity contribution in [2.45, 2.75) is 57.7 Å². The molecule has 0 bridgehead atoms. The van der Waals surface area contributed by atoms with Gasteiger partial charge in [0.25, 0.3) is 0 Å². The second kappa shape index (κ2) is 10.0. The molecule has 0 spiro atoms. The minimum absolute atomic E-state index is 0.0274. The predicted molar refractivity (Wildman–Crippen MR) is 141 cm³/mol. The summed E-state index contributed by atoms with van der Waals surface area (Å²) in [4.78, 5) is 81.0. The van der Waals surface area contributed by atoms with Gasteiger partial charge in [-0.05, 0) is 58.7 Å². The van der Waals surface area contributed by atoms with E-state index in [0.29, 0.717) is 24.2 Å². The number of nitro benzene ring substituents is 1. The largest absolute Gasteiger partial charge is 0.502 e. The molecule has 0 heterocycles. The minimum Gasteiger partial charge on any atom is -0.502 e. The van der Waals surface area contributed by atoms with Gasteiger partial charge in [0.05, 0.1) is 22.4 Å². The van der Waals surface area contributed by atoms with Crippen LogP contribution in [0.4, 0.5) is 11.4 Å². The number of phenolic OH excluding ortho intramolecular Hbond substituents is 1. The molecule has 13 nitrogen and oxygen atoms in total. The van der Waals surface area contributed by atoms with Crippen LogP contribution in [0.5, 0.6) is 5.75 Å². The van der Waals surface area contributed by atoms with Crippen molar-refractivity contribution in [3.63, 3.8) is 0 Å². The first kappa shape index (κ1) is 29.3. The highest BCUT2D eigenvalue weighted by molar-refractivity contribution is 6.32. The Balaban J connectivity index is 1.94. The van der Waals surface area contributed by atoms with E-state index in [9.17, 15) is 44.3 Å². The number of primary amides is 1. The number of benzene rings is 1. The quantitative estimate of drug-likeness (QED) is 0.237. The van der Waals surface area contributed by atoms with Crippen LogP contribution in [0.1, 0.15) is 49.5 Å². The SMILES string of the molecule is CCC(C)N(CC)c1cc([N+](=O)[O-])c(O)c2c1CC1CC3[C@H](N(C)C)C(=O)C(C(N)=O)C(=O)[C@@]3(O)C(=O)C1C2=O. The van der Waals surface area contributed by atoms with Crippen molar-refractivity contribution in [2.24, 2.45) is 29.4 Å². The Morgan fingerprint density at radius 2 is 1.85 bits per heavy atom. The third-order valence-electron chi connectivity index (χ3n) is 8.99. The lowest BCUT2D eigenvalue weighted by Crippen LogP contribution is -2.74. The maximum absolute atomic E-state index is 14.0. The van der Waals surface area contributed by atoms with Crippen LogP contribution in [-0.2, 0) is 25.6 Å². The van der Waals surface area contributed by atoms with Gasteiger partial charge in [0.15, 0.2) is 34.7 Å². The second-order valence-electron chi connectivity index (χ2n) is 11.2. The summed E-state index contributed by atoms with van der Waals surface area (Å²) in [6, 6.07) is -0.0632. The Kier molecular flexibility index (Phi) is 7.35. The smallest absolute Gasteiger partial charge is 0.313 e. The number of aromatic hydroxyl groups is 1. The number of likely N-dealkylation sites (N-methyl/N-ethyl adjacent to an activating group) is 1. The molecule has 1 amide bonds. The molecule has 3 aliphatic rings. The monoisotopic (exact) mass is 558 g/mol. The van der Waals surface area contributed by atoms with Crippen molar-refractivity contribution < 1.29 is 39.1 Å². The summed E-state index contributed by atoms with van der Waals surface area (Å²) in [6.45, 7) is 6.15. The number of amides is 1. The highest BCUT2D eigenvalue weighted by Crippen LogP contribution is 2.53. The normalized spacial score (nSPS) is 30.4. The number of nitrogens with zero attached hydrogens (tertiary/aromatic N) is 3. The van der Waals surface area contributed by atoms with E-state index >= 15 is 0 Å². The molecule has 2 fully saturated rings. The molecule has 1 aromatic carbocycles. The van der Waals surface area contributed by atoms with Crippen molar-refractivity contribution in [1.82, 2.24) is 4.90 Å². The van der Waals surface area contributed by atoms with Crippen LogP contribution in [0.2, 0.25) is 0 Å². The number of fused-ring (bicyclic) bond motifs is 3. The third kappa shape index (κ3) is 3.93. The molecule has 7 atom stereocenters. The first-order valence-electron chi connectivity index (χ1n) is 13.3. The van der Waals surface area contributed by atoms with Crippen LogP contribution >= 0.6 is 0 Å². The molecule has 1 aromatic rings. The Bertz CT molecular complexity index is 1340. The number of phenols is 1. The lowest BCUT2D eigenvalue weighted by atomic mass is 9.52. The predicted octanol–water partition coefficient (Wildman–Crippen LogP) is 0.400. The topological polar surface area (TPSA) is 201 Å². The lowest BCUT2D eigenvalue weighted by molar-refractivity contribution is -0.385. The fourth-order valence-corrected chi connectivity index (χ4v) is 6.97. The fraction of sp³-hybridized carbons (Fsp3) is 0.593. The number of rotatable bonds is 7. The van der Waals surface area contributed by atoms with E-state index < -0.39 is 86.3 Å². The first-order valence-corrected chi connectivity index (χ1v) is 13.3. The number of anilines is 1. The van der Waals surface area contributed by atoms with Gasteiger partial charge >= 0.3 is 5.69 Å². The van der Waals surface area contributed by atoms with Crippen molar-refractivity contribution >= 4 is 40.4 Å². The number of nitrogens with two attached hydrogens (primary N) is 1. The zero-order valence-corrected chi connectivity index (χ0v) is 23.0. The van der Waals surface area contributed by atoms with E-state index in [4.69, 9.17) is 5.73 Å². The molecular weight excluding hydrogens is 524 g/mol. The highest BCUT2D eigenvalue weighted by atomic mass is 16.6. The summed E-state index contributed by atoms with van der Waals surface area (Å²) in [5.74, 6) is -12.3. The molecule has 0 radical (unpaired) electrons. The van der Waals surface area contributed by atoms with E-state index in [1.807, 2.05) is 25.7 Å². The maximum atomic E-state index is 14.0. The molecule has 40 heavy (non-hydrogen) atoms. The molecule has 0 aliphatic heterocycles. The molecule has 13 heteroatoms. The summed E-state index contributed by atoms with van der Waals surface area (Å²) < 4.78 is 0. The van der Waals surface area contributed by atoms with Crippen LogP contribution in [-0.4, -0.2) is 87.4 Å². The molecule has 5 unspecified atom stereocenters. The van der Waals surface area contributed by atoms with Gasteiger partial charge < -0.3 is 20.8 Å². The number of carbonyl (C=O) groups is 5. The average Bonchev–Trinajstić information content (AvgIpc) is 2.86. The molecule has 0 aromatic heterocycles. The number of ketones is 4. The summed E-state index contributed by atoms with van der Waals surface area (Å²) in [5, 5.41) is 34.4. The molecule has 0 saturated heterocycles. The van der Waals surface area contributed by atoms with Crippen LogP contribution in [0.15, 0.2) is 6.07 Å². The fourth-order valence-electron chi connectivity index (χ4n) is 6.97. The summed E-state index contributed by atoms with van der Waals surface area (Å²) in [6.07, 6.45) is 0.608. The number of hydrogen-bond acceptors (Lipinski definition) is 11.